The molecular weight excluding hydrogens is 383 g/mol. The number of ketones is 1. The van der Waals surface area contributed by atoms with Gasteiger partial charge in [-0.25, -0.2) is 4.98 Å². The van der Waals surface area contributed by atoms with Crippen molar-refractivity contribution in [3.63, 3.8) is 0 Å². The van der Waals surface area contributed by atoms with Crippen LogP contribution >= 0.6 is 0 Å². The second-order valence-corrected chi connectivity index (χ2v) is 8.10. The van der Waals surface area contributed by atoms with Crippen molar-refractivity contribution in [2.75, 3.05) is 26.7 Å². The van der Waals surface area contributed by atoms with E-state index in [0.29, 0.717) is 11.8 Å². The molecule has 2 aromatic rings. The van der Waals surface area contributed by atoms with Crippen LogP contribution in [0.2, 0.25) is 0 Å². The third kappa shape index (κ3) is 4.69. The quantitative estimate of drug-likeness (QED) is 0.450. The number of halogens is 1. The van der Waals surface area contributed by atoms with E-state index in [1.165, 1.54) is 17.7 Å². The van der Waals surface area contributed by atoms with Crippen LogP contribution in [-0.4, -0.2) is 53.1 Å². The zero-order valence-corrected chi connectivity index (χ0v) is 17.1. The fraction of sp³-hybridized carbons (Fsp3) is 0.417. The van der Waals surface area contributed by atoms with Crippen LogP contribution in [-0.2, 0) is 11.2 Å². The second kappa shape index (κ2) is 9.38. The maximum absolute atomic E-state index is 13.4. The van der Waals surface area contributed by atoms with Gasteiger partial charge in [0.1, 0.15) is 5.69 Å². The van der Waals surface area contributed by atoms with Crippen LogP contribution in [0.15, 0.2) is 42.5 Å². The number of carbonyl (C=O) groups excluding carboxylic acids is 1. The number of likely N-dealkylation sites (tertiary alicyclic amines) is 1. The number of ether oxygens (including phenoxy) is 1. The Kier molecular flexibility index (Phi) is 6.86. The number of rotatable bonds is 6. The van der Waals surface area contributed by atoms with Gasteiger partial charge in [-0.05, 0) is 42.4 Å². The smallest absolute Gasteiger partial charge is 0.255 e. The highest BCUT2D eigenvalue weighted by Gasteiger charge is 2.49. The average molecular weight is 410 g/mol. The highest BCUT2D eigenvalue weighted by atomic mass is 19.1. The van der Waals surface area contributed by atoms with E-state index in [1.807, 2.05) is 6.07 Å². The lowest BCUT2D eigenvalue weighted by Crippen LogP contribution is -2.35. The molecule has 158 valence electrons. The summed E-state index contributed by atoms with van der Waals surface area (Å²) < 4.78 is 19.4. The van der Waals surface area contributed by atoms with Crippen LogP contribution in [0.1, 0.15) is 28.9 Å². The van der Waals surface area contributed by atoms with E-state index < -0.39 is 11.7 Å². The highest BCUT2D eigenvalue weighted by Crippen LogP contribution is 2.47. The number of terminal acetylenes is 1. The van der Waals surface area contributed by atoms with Crippen molar-refractivity contribution in [2.24, 2.45) is 11.8 Å². The Labute approximate surface area is 176 Å². The fourth-order valence-electron chi connectivity index (χ4n) is 4.88. The molecule has 2 fully saturated rings. The molecule has 3 atom stereocenters. The minimum absolute atomic E-state index is 0.0580. The van der Waals surface area contributed by atoms with Crippen LogP contribution in [0, 0.1) is 30.6 Å². The lowest BCUT2D eigenvalue weighted by Gasteiger charge is -2.30. The number of aromatic nitrogens is 1. The first-order chi connectivity index (χ1) is 14.5. The van der Waals surface area contributed by atoms with Gasteiger partial charge in [0, 0.05) is 26.6 Å². The number of Topliss-reactive ketones (excluding diaryl/α,β-unsaturated/α-hetero) is 1. The summed E-state index contributed by atoms with van der Waals surface area (Å²) in [4.78, 5) is 18.1. The fourth-order valence-corrected chi connectivity index (χ4v) is 4.88. The van der Waals surface area contributed by atoms with Crippen LogP contribution in [0.5, 0.6) is 5.75 Å². The Bertz CT molecular complexity index is 886. The Hall–Kier alpha value is -2.75. The van der Waals surface area contributed by atoms with Crippen molar-refractivity contribution in [1.29, 1.82) is 0 Å². The van der Waals surface area contributed by atoms with E-state index in [-0.39, 0.29) is 23.6 Å². The van der Waals surface area contributed by atoms with Gasteiger partial charge < -0.3 is 9.84 Å². The largest absolute Gasteiger partial charge is 0.504 e. The number of carbonyl (C=O) groups is 1. The van der Waals surface area contributed by atoms with Gasteiger partial charge in [0.15, 0.2) is 11.5 Å². The molecule has 2 heterocycles. The average Bonchev–Trinajstić information content (AvgIpc) is 3.27. The summed E-state index contributed by atoms with van der Waals surface area (Å²) in [5, 5.41) is 9.23. The Balaban J connectivity index is 0.00000124. The van der Waals surface area contributed by atoms with Gasteiger partial charge in [-0.15, -0.1) is 12.8 Å². The molecule has 1 aromatic heterocycles. The van der Waals surface area contributed by atoms with Crippen molar-refractivity contribution < 1.29 is 19.0 Å². The van der Waals surface area contributed by atoms with Crippen LogP contribution in [0.25, 0.3) is 0 Å². The molecule has 1 aromatic carbocycles. The predicted molar refractivity (Wildman–Crippen MR) is 113 cm³/mol. The maximum atomic E-state index is 13.4. The van der Waals surface area contributed by atoms with E-state index in [2.05, 4.69) is 47.0 Å². The zero-order valence-electron chi connectivity index (χ0n) is 17.1. The van der Waals surface area contributed by atoms with E-state index in [9.17, 15) is 14.3 Å². The molecule has 4 rings (SSSR count). The topological polar surface area (TPSA) is 62.7 Å². The van der Waals surface area contributed by atoms with Gasteiger partial charge in [0.2, 0.25) is 0 Å². The number of nitrogens with zero attached hydrogens (tertiary/aromatic N) is 2. The Morgan fingerprint density at radius 3 is 2.40 bits per heavy atom. The van der Waals surface area contributed by atoms with Crippen LogP contribution in [0.4, 0.5) is 4.39 Å². The van der Waals surface area contributed by atoms with Gasteiger partial charge in [0.05, 0.1) is 12.1 Å². The third-order valence-corrected chi connectivity index (χ3v) is 6.20. The standard InChI is InChI=1S/C22H25FN2O3.C2H2/c1-28-22(9-15-5-3-2-4-6-15)10-16-12-25(13-17(16)11-22)14-20(27)18-7-8-19(26)21(23)24-18;1-2/h2-8,16-17,26H,9-14H2,1H3;1-2H/t16-,17?,22?;/m1./s1. The minimum Gasteiger partial charge on any atom is -0.504 e. The Morgan fingerprint density at radius 2 is 1.83 bits per heavy atom. The predicted octanol–water partition coefficient (Wildman–Crippen LogP) is 3.33. The van der Waals surface area contributed by atoms with E-state index in [1.54, 1.807) is 7.11 Å². The summed E-state index contributed by atoms with van der Waals surface area (Å²) in [7, 11) is 1.80. The maximum Gasteiger partial charge on any atom is 0.255 e. The monoisotopic (exact) mass is 410 g/mol. The van der Waals surface area contributed by atoms with Gasteiger partial charge in [0.25, 0.3) is 5.95 Å². The lowest BCUT2D eigenvalue weighted by atomic mass is 9.91. The van der Waals surface area contributed by atoms with E-state index in [4.69, 9.17) is 4.74 Å². The molecule has 1 aliphatic carbocycles. The van der Waals surface area contributed by atoms with E-state index >= 15 is 0 Å². The Morgan fingerprint density at radius 1 is 1.20 bits per heavy atom. The van der Waals surface area contributed by atoms with Crippen LogP contribution in [0.3, 0.4) is 0 Å². The molecule has 2 aliphatic rings. The summed E-state index contributed by atoms with van der Waals surface area (Å²) in [5.41, 5.74) is 1.22. The molecule has 1 saturated carbocycles. The summed E-state index contributed by atoms with van der Waals surface area (Å²) in [6, 6.07) is 13.0. The van der Waals surface area contributed by atoms with Crippen LogP contribution < -0.4 is 0 Å². The molecule has 1 N–H and O–H groups in total. The number of benzene rings is 1. The molecular formula is C24H27FN2O3. The number of aromatic hydroxyl groups is 1. The number of hydrogen-bond acceptors (Lipinski definition) is 5. The van der Waals surface area contributed by atoms with Gasteiger partial charge in [-0.2, -0.15) is 4.39 Å². The van der Waals surface area contributed by atoms with Gasteiger partial charge >= 0.3 is 0 Å². The molecule has 30 heavy (non-hydrogen) atoms. The molecule has 0 amide bonds. The number of methoxy groups -OCH3 is 1. The number of pyridine rings is 1. The van der Waals surface area contributed by atoms with Crippen molar-refractivity contribution in [3.05, 3.63) is 59.7 Å². The molecule has 6 heteroatoms. The summed E-state index contributed by atoms with van der Waals surface area (Å²) in [5.74, 6) is -0.764. The second-order valence-electron chi connectivity index (χ2n) is 8.10. The first-order valence-corrected chi connectivity index (χ1v) is 10.0. The molecule has 0 radical (unpaired) electrons. The molecule has 1 saturated heterocycles. The number of hydrogen-bond donors (Lipinski definition) is 1. The summed E-state index contributed by atoms with van der Waals surface area (Å²) >= 11 is 0. The van der Waals surface area contributed by atoms with E-state index in [0.717, 1.165) is 32.4 Å². The van der Waals surface area contributed by atoms with Gasteiger partial charge in [-0.3, -0.25) is 9.69 Å². The SMILES string of the molecule is C#C.COC1(Cc2ccccc2)CC2CN(CC(=O)c3ccc(O)c(F)n3)C[C@H]2C1. The molecule has 2 unspecified atom stereocenters. The lowest BCUT2D eigenvalue weighted by molar-refractivity contribution is -0.0129. The minimum atomic E-state index is -1.00. The van der Waals surface area contributed by atoms with Gasteiger partial charge in [-0.1, -0.05) is 30.3 Å². The molecule has 1 aliphatic heterocycles. The molecule has 5 nitrogen and oxygen atoms in total. The van der Waals surface area contributed by atoms with Crippen molar-refractivity contribution in [1.82, 2.24) is 9.88 Å². The first kappa shape index (κ1) is 21.9. The molecule has 0 bridgehead atoms. The van der Waals surface area contributed by atoms with Crippen molar-refractivity contribution >= 4 is 5.78 Å². The van der Waals surface area contributed by atoms with Crippen molar-refractivity contribution in [2.45, 2.75) is 24.9 Å². The zero-order chi connectivity index (χ0) is 21.7. The normalized spacial score (nSPS) is 25.3. The molecule has 0 spiro atoms. The number of fused-ring (bicyclic) bond motifs is 1. The van der Waals surface area contributed by atoms with Crippen molar-refractivity contribution in [3.8, 4) is 18.6 Å². The third-order valence-electron chi connectivity index (χ3n) is 6.20. The summed E-state index contributed by atoms with van der Waals surface area (Å²) in [6.45, 7) is 1.91. The highest BCUT2D eigenvalue weighted by molar-refractivity contribution is 5.95. The first-order valence-electron chi connectivity index (χ1n) is 10.0. The summed E-state index contributed by atoms with van der Waals surface area (Å²) in [6.07, 6.45) is 10.9.